The number of nitrogens with one attached hydrogen (secondary N) is 1. The molecular formula is C17H22N2OS. The molecule has 0 fully saturated rings. The Morgan fingerprint density at radius 3 is 2.90 bits per heavy atom. The number of rotatable bonds is 3. The molecule has 21 heavy (non-hydrogen) atoms. The Balaban J connectivity index is 1.79. The highest BCUT2D eigenvalue weighted by molar-refractivity contribution is 7.09. The Bertz CT molecular complexity index is 642. The second-order valence-electron chi connectivity index (χ2n) is 6.65. The SMILES string of the molecule is CC(C)(C)c1csc(CC(O)c2cccc3c2NCC3)n1. The molecule has 112 valence electrons. The van der Waals surface area contributed by atoms with Crippen molar-refractivity contribution in [3.63, 3.8) is 0 Å². The molecule has 0 amide bonds. The largest absolute Gasteiger partial charge is 0.388 e. The van der Waals surface area contributed by atoms with Crippen LogP contribution < -0.4 is 5.32 Å². The number of anilines is 1. The fraction of sp³-hybridized carbons (Fsp3) is 0.471. The molecule has 1 aliphatic heterocycles. The third-order valence-corrected chi connectivity index (χ3v) is 4.80. The highest BCUT2D eigenvalue weighted by Gasteiger charge is 2.22. The van der Waals surface area contributed by atoms with E-state index in [1.807, 2.05) is 12.1 Å². The molecule has 3 nitrogen and oxygen atoms in total. The van der Waals surface area contributed by atoms with Gasteiger partial charge in [0.15, 0.2) is 0 Å². The maximum Gasteiger partial charge on any atom is 0.0957 e. The molecule has 2 N–H and O–H groups in total. The molecule has 0 aliphatic carbocycles. The Kier molecular flexibility index (Phi) is 3.76. The Morgan fingerprint density at radius 2 is 2.19 bits per heavy atom. The lowest BCUT2D eigenvalue weighted by atomic mass is 9.93. The molecule has 4 heteroatoms. The first kappa shape index (κ1) is 14.5. The lowest BCUT2D eigenvalue weighted by molar-refractivity contribution is 0.179. The van der Waals surface area contributed by atoms with E-state index in [1.54, 1.807) is 11.3 Å². The molecule has 1 unspecified atom stereocenters. The molecule has 1 aliphatic rings. The summed E-state index contributed by atoms with van der Waals surface area (Å²) in [5.41, 5.74) is 4.59. The maximum absolute atomic E-state index is 10.6. The number of para-hydroxylation sites is 1. The van der Waals surface area contributed by atoms with Crippen LogP contribution in [-0.4, -0.2) is 16.6 Å². The second kappa shape index (κ2) is 5.43. The lowest BCUT2D eigenvalue weighted by Gasteiger charge is -2.15. The van der Waals surface area contributed by atoms with Gasteiger partial charge < -0.3 is 10.4 Å². The lowest BCUT2D eigenvalue weighted by Crippen LogP contribution is -2.12. The maximum atomic E-state index is 10.6. The standard InChI is InChI=1S/C17H22N2OS/c1-17(2,3)14-10-21-15(19-14)9-13(20)12-6-4-5-11-7-8-18-16(11)12/h4-6,10,13,18,20H,7-9H2,1-3H3. The number of hydrogen-bond donors (Lipinski definition) is 2. The van der Waals surface area contributed by atoms with Crippen LogP contribution in [0.25, 0.3) is 0 Å². The van der Waals surface area contributed by atoms with Gasteiger partial charge in [-0.25, -0.2) is 4.98 Å². The molecule has 1 aromatic carbocycles. The van der Waals surface area contributed by atoms with Crippen molar-refractivity contribution in [2.45, 2.75) is 45.1 Å². The molecule has 2 aromatic rings. The van der Waals surface area contributed by atoms with Gasteiger partial charge in [-0.05, 0) is 12.0 Å². The molecular weight excluding hydrogens is 280 g/mol. The number of fused-ring (bicyclic) bond motifs is 1. The molecule has 2 heterocycles. The number of aliphatic hydroxyl groups excluding tert-OH is 1. The highest BCUT2D eigenvalue weighted by atomic mass is 32.1. The van der Waals surface area contributed by atoms with Crippen LogP contribution in [0.5, 0.6) is 0 Å². The molecule has 1 atom stereocenters. The summed E-state index contributed by atoms with van der Waals surface area (Å²) >= 11 is 1.64. The van der Waals surface area contributed by atoms with E-state index >= 15 is 0 Å². The molecule has 0 radical (unpaired) electrons. The number of benzene rings is 1. The zero-order valence-corrected chi connectivity index (χ0v) is 13.6. The van der Waals surface area contributed by atoms with Crippen molar-refractivity contribution in [2.75, 3.05) is 11.9 Å². The quantitative estimate of drug-likeness (QED) is 0.909. The number of nitrogens with zero attached hydrogens (tertiary/aromatic N) is 1. The molecule has 0 saturated carbocycles. The third kappa shape index (κ3) is 2.97. The van der Waals surface area contributed by atoms with Crippen LogP contribution in [0, 0.1) is 0 Å². The topological polar surface area (TPSA) is 45.1 Å². The summed E-state index contributed by atoms with van der Waals surface area (Å²) in [6, 6.07) is 6.18. The minimum absolute atomic E-state index is 0.0647. The second-order valence-corrected chi connectivity index (χ2v) is 7.60. The van der Waals surface area contributed by atoms with E-state index in [9.17, 15) is 5.11 Å². The van der Waals surface area contributed by atoms with Crippen molar-refractivity contribution in [1.82, 2.24) is 4.98 Å². The predicted molar refractivity (Wildman–Crippen MR) is 88.1 cm³/mol. The van der Waals surface area contributed by atoms with Crippen LogP contribution in [0.15, 0.2) is 23.6 Å². The van der Waals surface area contributed by atoms with Crippen molar-refractivity contribution >= 4 is 17.0 Å². The van der Waals surface area contributed by atoms with Crippen molar-refractivity contribution < 1.29 is 5.11 Å². The van der Waals surface area contributed by atoms with Crippen LogP contribution in [0.2, 0.25) is 0 Å². The summed E-state index contributed by atoms with van der Waals surface area (Å²) < 4.78 is 0. The monoisotopic (exact) mass is 302 g/mol. The van der Waals surface area contributed by atoms with Gasteiger partial charge in [0, 0.05) is 35.0 Å². The average Bonchev–Trinajstić information content (AvgIpc) is 3.05. The number of aromatic nitrogens is 1. The summed E-state index contributed by atoms with van der Waals surface area (Å²) in [5, 5.41) is 17.1. The molecule has 0 bridgehead atoms. The zero-order chi connectivity index (χ0) is 15.0. The van der Waals surface area contributed by atoms with Crippen molar-refractivity contribution in [3.05, 3.63) is 45.4 Å². The van der Waals surface area contributed by atoms with Gasteiger partial charge >= 0.3 is 0 Å². The Labute approximate surface area is 130 Å². The summed E-state index contributed by atoms with van der Waals surface area (Å²) in [4.78, 5) is 4.68. The van der Waals surface area contributed by atoms with E-state index in [0.29, 0.717) is 6.42 Å². The minimum Gasteiger partial charge on any atom is -0.388 e. The molecule has 3 rings (SSSR count). The fourth-order valence-corrected chi connectivity index (χ4v) is 3.73. The van der Waals surface area contributed by atoms with Crippen molar-refractivity contribution in [2.24, 2.45) is 0 Å². The average molecular weight is 302 g/mol. The minimum atomic E-state index is -0.496. The van der Waals surface area contributed by atoms with E-state index in [0.717, 1.165) is 34.9 Å². The number of thiazole rings is 1. The van der Waals surface area contributed by atoms with Gasteiger partial charge in [0.25, 0.3) is 0 Å². The van der Waals surface area contributed by atoms with Gasteiger partial charge in [0.1, 0.15) is 0 Å². The van der Waals surface area contributed by atoms with Crippen molar-refractivity contribution in [1.29, 1.82) is 0 Å². The van der Waals surface area contributed by atoms with Crippen LogP contribution in [0.1, 0.15) is 48.7 Å². The predicted octanol–water partition coefficient (Wildman–Crippen LogP) is 3.68. The molecule has 1 aromatic heterocycles. The first-order valence-electron chi connectivity index (χ1n) is 7.44. The number of hydrogen-bond acceptors (Lipinski definition) is 4. The van der Waals surface area contributed by atoms with E-state index in [1.165, 1.54) is 5.56 Å². The van der Waals surface area contributed by atoms with Gasteiger partial charge in [-0.1, -0.05) is 39.0 Å². The summed E-state index contributed by atoms with van der Waals surface area (Å²) in [5.74, 6) is 0. The van der Waals surface area contributed by atoms with Crippen LogP contribution in [0.3, 0.4) is 0 Å². The molecule has 0 saturated heterocycles. The van der Waals surface area contributed by atoms with E-state index in [4.69, 9.17) is 0 Å². The Morgan fingerprint density at radius 1 is 1.38 bits per heavy atom. The first-order chi connectivity index (χ1) is 9.95. The zero-order valence-electron chi connectivity index (χ0n) is 12.8. The van der Waals surface area contributed by atoms with Gasteiger partial charge in [0.05, 0.1) is 16.8 Å². The normalized spacial score (nSPS) is 15.6. The molecule has 0 spiro atoms. The first-order valence-corrected chi connectivity index (χ1v) is 8.32. The van der Waals surface area contributed by atoms with Crippen molar-refractivity contribution in [3.8, 4) is 0 Å². The van der Waals surface area contributed by atoms with Crippen LogP contribution in [0.4, 0.5) is 5.69 Å². The van der Waals surface area contributed by atoms with E-state index < -0.39 is 6.10 Å². The Hall–Kier alpha value is -1.39. The smallest absolute Gasteiger partial charge is 0.0957 e. The van der Waals surface area contributed by atoms with Gasteiger partial charge in [-0.2, -0.15) is 0 Å². The fourth-order valence-electron chi connectivity index (χ4n) is 2.67. The summed E-state index contributed by atoms with van der Waals surface area (Å²) in [6.07, 6.45) is 1.13. The van der Waals surface area contributed by atoms with Gasteiger partial charge in [0.2, 0.25) is 0 Å². The van der Waals surface area contributed by atoms with E-state index in [2.05, 4.69) is 42.5 Å². The van der Waals surface area contributed by atoms with Crippen LogP contribution >= 0.6 is 11.3 Å². The summed E-state index contributed by atoms with van der Waals surface area (Å²) in [6.45, 7) is 7.45. The van der Waals surface area contributed by atoms with E-state index in [-0.39, 0.29) is 5.41 Å². The third-order valence-electron chi connectivity index (χ3n) is 3.93. The number of aliphatic hydroxyl groups is 1. The van der Waals surface area contributed by atoms with Crippen LogP contribution in [-0.2, 0) is 18.3 Å². The highest BCUT2D eigenvalue weighted by Crippen LogP contribution is 2.33. The summed E-state index contributed by atoms with van der Waals surface area (Å²) in [7, 11) is 0. The van der Waals surface area contributed by atoms with Gasteiger partial charge in [-0.15, -0.1) is 11.3 Å². The van der Waals surface area contributed by atoms with Gasteiger partial charge in [-0.3, -0.25) is 0 Å².